The lowest BCUT2D eigenvalue weighted by Crippen LogP contribution is -2.26. The summed E-state index contributed by atoms with van der Waals surface area (Å²) < 4.78 is 2.73. The zero-order valence-corrected chi connectivity index (χ0v) is 15.1. The van der Waals surface area contributed by atoms with E-state index < -0.39 is 0 Å². The number of hydrogen-bond acceptors (Lipinski definition) is 3. The maximum atomic E-state index is 12.1. The average molecular weight is 400 g/mol. The van der Waals surface area contributed by atoms with E-state index in [0.717, 1.165) is 29.7 Å². The first-order chi connectivity index (χ1) is 10.7. The number of aromatic nitrogens is 2. The van der Waals surface area contributed by atoms with Gasteiger partial charge in [0.2, 0.25) is 0 Å². The molecule has 1 aromatic carbocycles. The van der Waals surface area contributed by atoms with E-state index in [1.165, 1.54) is 6.42 Å². The van der Waals surface area contributed by atoms with Crippen molar-refractivity contribution >= 4 is 34.2 Å². The Kier molecular flexibility index (Phi) is 6.62. The second-order valence-electron chi connectivity index (χ2n) is 5.55. The highest BCUT2D eigenvalue weighted by atomic mass is 79.9. The number of nitrogens with one attached hydrogen (secondary N) is 2. The van der Waals surface area contributed by atoms with E-state index in [4.69, 9.17) is 0 Å². The van der Waals surface area contributed by atoms with E-state index in [2.05, 4.69) is 31.7 Å². The van der Waals surface area contributed by atoms with Crippen LogP contribution in [0.4, 0.5) is 0 Å². The van der Waals surface area contributed by atoms with Gasteiger partial charge in [0.05, 0.1) is 17.4 Å². The van der Waals surface area contributed by atoms with Gasteiger partial charge in [0.25, 0.3) is 5.91 Å². The predicted molar refractivity (Wildman–Crippen MR) is 96.4 cm³/mol. The third-order valence-corrected chi connectivity index (χ3v) is 4.47. The van der Waals surface area contributed by atoms with Crippen LogP contribution in [0.3, 0.4) is 0 Å². The van der Waals surface area contributed by atoms with Crippen LogP contribution >= 0.6 is 28.3 Å². The van der Waals surface area contributed by atoms with E-state index in [1.807, 2.05) is 24.3 Å². The third kappa shape index (κ3) is 4.80. The molecule has 23 heavy (non-hydrogen) atoms. The molecule has 1 saturated heterocycles. The molecule has 7 heteroatoms. The van der Waals surface area contributed by atoms with E-state index in [1.54, 1.807) is 17.1 Å². The van der Waals surface area contributed by atoms with E-state index in [0.29, 0.717) is 18.0 Å². The Morgan fingerprint density at radius 2 is 2.17 bits per heavy atom. The molecule has 0 saturated carbocycles. The Morgan fingerprint density at radius 1 is 1.39 bits per heavy atom. The molecule has 2 N–H and O–H groups in total. The maximum absolute atomic E-state index is 12.1. The van der Waals surface area contributed by atoms with Gasteiger partial charge < -0.3 is 10.6 Å². The second kappa shape index (κ2) is 8.47. The molecule has 3 rings (SSSR count). The van der Waals surface area contributed by atoms with Crippen LogP contribution in [0.1, 0.15) is 23.2 Å². The van der Waals surface area contributed by atoms with Gasteiger partial charge in [0.15, 0.2) is 0 Å². The first kappa shape index (κ1) is 18.0. The number of benzene rings is 1. The normalized spacial score (nSPS) is 16.8. The van der Waals surface area contributed by atoms with Gasteiger partial charge in [-0.2, -0.15) is 5.10 Å². The van der Waals surface area contributed by atoms with Gasteiger partial charge in [0, 0.05) is 17.2 Å². The number of carbonyl (C=O) groups is 1. The monoisotopic (exact) mass is 398 g/mol. The SMILES string of the molecule is Cl.O=C(NCCC1CCNC1)c1cnn(-c2ccc(Br)cc2)c1. The third-order valence-electron chi connectivity index (χ3n) is 3.94. The molecule has 1 amide bonds. The van der Waals surface area contributed by atoms with E-state index in [9.17, 15) is 4.79 Å². The summed E-state index contributed by atoms with van der Waals surface area (Å²) in [6.07, 6.45) is 5.60. The minimum absolute atomic E-state index is 0. The number of hydrogen-bond donors (Lipinski definition) is 2. The van der Waals surface area contributed by atoms with E-state index >= 15 is 0 Å². The van der Waals surface area contributed by atoms with Crippen molar-refractivity contribution in [3.8, 4) is 5.69 Å². The summed E-state index contributed by atoms with van der Waals surface area (Å²) in [6, 6.07) is 7.80. The van der Waals surface area contributed by atoms with Crippen LogP contribution in [0.25, 0.3) is 5.69 Å². The second-order valence-corrected chi connectivity index (χ2v) is 6.47. The quantitative estimate of drug-likeness (QED) is 0.813. The molecule has 0 radical (unpaired) electrons. The first-order valence-corrected chi connectivity index (χ1v) is 8.31. The van der Waals surface area contributed by atoms with Gasteiger partial charge in [-0.15, -0.1) is 12.4 Å². The van der Waals surface area contributed by atoms with Crippen molar-refractivity contribution in [2.45, 2.75) is 12.8 Å². The standard InChI is InChI=1S/C16H19BrN4O.ClH/c17-14-1-3-15(4-2-14)21-11-13(10-20-21)16(22)19-8-6-12-5-7-18-9-12;/h1-4,10-12,18H,5-9H2,(H,19,22);1H. The van der Waals surface area contributed by atoms with Crippen molar-refractivity contribution in [2.24, 2.45) is 5.92 Å². The molecule has 0 bridgehead atoms. The minimum atomic E-state index is -0.0608. The van der Waals surface area contributed by atoms with Crippen molar-refractivity contribution in [3.63, 3.8) is 0 Å². The number of rotatable bonds is 5. The Balaban J connectivity index is 0.00000192. The first-order valence-electron chi connectivity index (χ1n) is 7.52. The fraction of sp³-hybridized carbons (Fsp3) is 0.375. The zero-order chi connectivity index (χ0) is 15.4. The molecule has 2 heterocycles. The van der Waals surface area contributed by atoms with Gasteiger partial charge >= 0.3 is 0 Å². The molecule has 5 nitrogen and oxygen atoms in total. The lowest BCUT2D eigenvalue weighted by Gasteiger charge is -2.08. The fourth-order valence-corrected chi connectivity index (χ4v) is 2.89. The van der Waals surface area contributed by atoms with Crippen LogP contribution in [0, 0.1) is 5.92 Å². The van der Waals surface area contributed by atoms with Crippen molar-refractivity contribution in [1.29, 1.82) is 0 Å². The van der Waals surface area contributed by atoms with Crippen molar-refractivity contribution in [3.05, 3.63) is 46.7 Å². The Hall–Kier alpha value is -1.37. The molecule has 1 atom stereocenters. The van der Waals surface area contributed by atoms with Gasteiger partial charge in [-0.25, -0.2) is 4.68 Å². The predicted octanol–water partition coefficient (Wildman–Crippen LogP) is 2.79. The molecule has 124 valence electrons. The average Bonchev–Trinajstić information content (AvgIpc) is 3.19. The summed E-state index contributed by atoms with van der Waals surface area (Å²) in [5.41, 5.74) is 1.52. The summed E-state index contributed by atoms with van der Waals surface area (Å²) in [6.45, 7) is 2.88. The van der Waals surface area contributed by atoms with Gasteiger partial charge in [-0.3, -0.25) is 4.79 Å². The molecular weight excluding hydrogens is 380 g/mol. The van der Waals surface area contributed by atoms with Gasteiger partial charge in [-0.1, -0.05) is 15.9 Å². The molecule has 1 aromatic heterocycles. The molecule has 1 unspecified atom stereocenters. The van der Waals surface area contributed by atoms with Crippen molar-refractivity contribution in [1.82, 2.24) is 20.4 Å². The largest absolute Gasteiger partial charge is 0.352 e. The smallest absolute Gasteiger partial charge is 0.254 e. The lowest BCUT2D eigenvalue weighted by atomic mass is 10.1. The highest BCUT2D eigenvalue weighted by Gasteiger charge is 2.15. The van der Waals surface area contributed by atoms with Crippen LogP contribution in [0.2, 0.25) is 0 Å². The zero-order valence-electron chi connectivity index (χ0n) is 12.7. The van der Waals surface area contributed by atoms with Crippen molar-refractivity contribution in [2.75, 3.05) is 19.6 Å². The molecule has 0 spiro atoms. The molecule has 2 aromatic rings. The Labute approximate surface area is 150 Å². The van der Waals surface area contributed by atoms with Gasteiger partial charge in [-0.05, 0) is 56.1 Å². The summed E-state index contributed by atoms with van der Waals surface area (Å²) >= 11 is 3.40. The minimum Gasteiger partial charge on any atom is -0.352 e. The maximum Gasteiger partial charge on any atom is 0.254 e. The molecule has 1 aliphatic rings. The van der Waals surface area contributed by atoms with E-state index in [-0.39, 0.29) is 18.3 Å². The molecule has 1 fully saturated rings. The summed E-state index contributed by atoms with van der Waals surface area (Å²) in [4.78, 5) is 12.1. The van der Waals surface area contributed by atoms with Gasteiger partial charge in [0.1, 0.15) is 0 Å². The lowest BCUT2D eigenvalue weighted by molar-refractivity contribution is 0.0951. The Bertz CT molecular complexity index is 638. The number of carbonyl (C=O) groups excluding carboxylic acids is 1. The van der Waals surface area contributed by atoms with Crippen molar-refractivity contribution < 1.29 is 4.79 Å². The topological polar surface area (TPSA) is 59.0 Å². The number of halogens is 2. The highest BCUT2D eigenvalue weighted by Crippen LogP contribution is 2.14. The van der Waals surface area contributed by atoms with Crippen LogP contribution in [0.15, 0.2) is 41.1 Å². The number of amides is 1. The summed E-state index contributed by atoms with van der Waals surface area (Å²) in [5.74, 6) is 0.625. The fourth-order valence-electron chi connectivity index (χ4n) is 2.63. The van der Waals surface area contributed by atoms with Crippen LogP contribution in [-0.4, -0.2) is 35.3 Å². The summed E-state index contributed by atoms with van der Waals surface area (Å²) in [5, 5.41) is 10.6. The Morgan fingerprint density at radius 3 is 2.87 bits per heavy atom. The summed E-state index contributed by atoms with van der Waals surface area (Å²) in [7, 11) is 0. The highest BCUT2D eigenvalue weighted by molar-refractivity contribution is 9.10. The van der Waals surface area contributed by atoms with Crippen LogP contribution in [0.5, 0.6) is 0 Å². The van der Waals surface area contributed by atoms with Crippen LogP contribution < -0.4 is 10.6 Å². The molecule has 1 aliphatic heterocycles. The molecular formula is C16H20BrClN4O. The van der Waals surface area contributed by atoms with Crippen LogP contribution in [-0.2, 0) is 0 Å². The molecule has 0 aliphatic carbocycles. The number of nitrogens with zero attached hydrogens (tertiary/aromatic N) is 2.